The SMILES string of the molecule is C=C[C@@H](O)[C@@H](C=C)C(=O)O. The highest BCUT2D eigenvalue weighted by molar-refractivity contribution is 5.73. The zero-order chi connectivity index (χ0) is 8.15. The monoisotopic (exact) mass is 142 g/mol. The molecular weight excluding hydrogens is 132 g/mol. The molecule has 0 spiro atoms. The molecule has 0 unspecified atom stereocenters. The van der Waals surface area contributed by atoms with Crippen molar-refractivity contribution in [1.82, 2.24) is 0 Å². The molecule has 0 amide bonds. The van der Waals surface area contributed by atoms with E-state index in [9.17, 15) is 4.79 Å². The van der Waals surface area contributed by atoms with Crippen LogP contribution in [-0.4, -0.2) is 22.3 Å². The summed E-state index contributed by atoms with van der Waals surface area (Å²) in [6, 6.07) is 0. The van der Waals surface area contributed by atoms with E-state index in [0.717, 1.165) is 0 Å². The van der Waals surface area contributed by atoms with E-state index in [4.69, 9.17) is 10.2 Å². The van der Waals surface area contributed by atoms with Crippen molar-refractivity contribution in [3.8, 4) is 0 Å². The Balaban J connectivity index is 4.19. The van der Waals surface area contributed by atoms with Crippen LogP contribution in [0.1, 0.15) is 0 Å². The molecule has 0 radical (unpaired) electrons. The first-order chi connectivity index (χ1) is 4.63. The second-order valence-corrected chi connectivity index (χ2v) is 1.83. The van der Waals surface area contributed by atoms with Gasteiger partial charge < -0.3 is 10.2 Å². The van der Waals surface area contributed by atoms with E-state index >= 15 is 0 Å². The lowest BCUT2D eigenvalue weighted by Gasteiger charge is -2.09. The van der Waals surface area contributed by atoms with Gasteiger partial charge in [-0.2, -0.15) is 0 Å². The van der Waals surface area contributed by atoms with Crippen LogP contribution in [0.25, 0.3) is 0 Å². The topological polar surface area (TPSA) is 57.5 Å². The molecule has 10 heavy (non-hydrogen) atoms. The van der Waals surface area contributed by atoms with Gasteiger partial charge in [-0.25, -0.2) is 0 Å². The Bertz CT molecular complexity index is 151. The Kier molecular flexibility index (Phi) is 3.43. The van der Waals surface area contributed by atoms with Crippen LogP contribution in [0.2, 0.25) is 0 Å². The quantitative estimate of drug-likeness (QED) is 0.559. The maximum Gasteiger partial charge on any atom is 0.313 e. The van der Waals surface area contributed by atoms with Gasteiger partial charge in [0.05, 0.1) is 6.10 Å². The van der Waals surface area contributed by atoms with E-state index in [-0.39, 0.29) is 0 Å². The first kappa shape index (κ1) is 8.91. The summed E-state index contributed by atoms with van der Waals surface area (Å²) in [5.74, 6) is -2.04. The number of carboxylic acids is 1. The van der Waals surface area contributed by atoms with E-state index in [1.165, 1.54) is 12.2 Å². The van der Waals surface area contributed by atoms with Gasteiger partial charge in [0.2, 0.25) is 0 Å². The van der Waals surface area contributed by atoms with Gasteiger partial charge in [0, 0.05) is 0 Å². The van der Waals surface area contributed by atoms with Gasteiger partial charge in [0.15, 0.2) is 0 Å². The highest BCUT2D eigenvalue weighted by Gasteiger charge is 2.19. The maximum atomic E-state index is 10.3. The van der Waals surface area contributed by atoms with Crippen LogP contribution in [-0.2, 0) is 4.79 Å². The predicted molar refractivity (Wildman–Crippen MR) is 37.5 cm³/mol. The molecule has 0 saturated heterocycles. The first-order valence-electron chi connectivity index (χ1n) is 2.79. The smallest absolute Gasteiger partial charge is 0.313 e. The van der Waals surface area contributed by atoms with Crippen molar-refractivity contribution in [2.24, 2.45) is 5.92 Å². The van der Waals surface area contributed by atoms with E-state index in [2.05, 4.69) is 13.2 Å². The Morgan fingerprint density at radius 3 is 2.00 bits per heavy atom. The minimum absolute atomic E-state index is 0.947. The summed E-state index contributed by atoms with van der Waals surface area (Å²) in [6.07, 6.45) is 1.30. The summed E-state index contributed by atoms with van der Waals surface area (Å²) in [4.78, 5) is 10.3. The Morgan fingerprint density at radius 1 is 1.40 bits per heavy atom. The lowest BCUT2D eigenvalue weighted by atomic mass is 10.0. The van der Waals surface area contributed by atoms with Gasteiger partial charge >= 0.3 is 5.97 Å². The molecule has 56 valence electrons. The second kappa shape index (κ2) is 3.85. The molecule has 0 saturated carbocycles. The molecule has 3 nitrogen and oxygen atoms in total. The standard InChI is InChI=1S/C7H10O3/c1-3-5(7(9)10)6(8)4-2/h3-6,8H,1-2H2,(H,9,10)/t5-,6-/m1/s1. The molecule has 2 N–H and O–H groups in total. The van der Waals surface area contributed by atoms with Crippen molar-refractivity contribution in [1.29, 1.82) is 0 Å². The fourth-order valence-electron chi connectivity index (χ4n) is 0.533. The van der Waals surface area contributed by atoms with Crippen LogP contribution in [0.5, 0.6) is 0 Å². The van der Waals surface area contributed by atoms with Crippen LogP contribution < -0.4 is 0 Å². The Labute approximate surface area is 59.3 Å². The third-order valence-corrected chi connectivity index (χ3v) is 1.15. The summed E-state index contributed by atoms with van der Waals surface area (Å²) in [6.45, 7) is 6.51. The molecular formula is C7H10O3. The van der Waals surface area contributed by atoms with Crippen molar-refractivity contribution in [3.63, 3.8) is 0 Å². The molecule has 2 atom stereocenters. The fourth-order valence-corrected chi connectivity index (χ4v) is 0.533. The summed E-state index contributed by atoms with van der Waals surface area (Å²) >= 11 is 0. The molecule has 0 heterocycles. The number of carbonyl (C=O) groups is 1. The van der Waals surface area contributed by atoms with Crippen LogP contribution >= 0.6 is 0 Å². The molecule has 0 rings (SSSR count). The van der Waals surface area contributed by atoms with E-state index in [0.29, 0.717) is 0 Å². The van der Waals surface area contributed by atoms with Gasteiger partial charge in [0.1, 0.15) is 5.92 Å². The molecule has 0 aromatic rings. The maximum absolute atomic E-state index is 10.3. The zero-order valence-electron chi connectivity index (χ0n) is 5.53. The Hall–Kier alpha value is -1.09. The average Bonchev–Trinajstić information content (AvgIpc) is 1.88. The average molecular weight is 142 g/mol. The van der Waals surface area contributed by atoms with Crippen molar-refractivity contribution in [3.05, 3.63) is 25.3 Å². The normalized spacial score (nSPS) is 15.3. The third kappa shape index (κ3) is 2.03. The number of hydrogen-bond donors (Lipinski definition) is 2. The molecule has 3 heteroatoms. The van der Waals surface area contributed by atoms with E-state index < -0.39 is 18.0 Å². The lowest BCUT2D eigenvalue weighted by Crippen LogP contribution is -2.23. The van der Waals surface area contributed by atoms with Gasteiger partial charge in [-0.15, -0.1) is 13.2 Å². The Morgan fingerprint density at radius 2 is 1.90 bits per heavy atom. The summed E-state index contributed by atoms with van der Waals surface area (Å²) in [5, 5.41) is 17.3. The molecule has 0 bridgehead atoms. The fraction of sp³-hybridized carbons (Fsp3) is 0.286. The molecule has 0 aromatic heterocycles. The number of aliphatic carboxylic acids is 1. The number of aliphatic hydroxyl groups is 1. The summed E-state index contributed by atoms with van der Waals surface area (Å²) in [7, 11) is 0. The van der Waals surface area contributed by atoms with Crippen LogP contribution in [0.3, 0.4) is 0 Å². The van der Waals surface area contributed by atoms with Gasteiger partial charge in [0.25, 0.3) is 0 Å². The van der Waals surface area contributed by atoms with E-state index in [1.807, 2.05) is 0 Å². The molecule has 0 aromatic carbocycles. The number of rotatable bonds is 4. The van der Waals surface area contributed by atoms with Gasteiger partial charge in [-0.1, -0.05) is 12.2 Å². The molecule has 0 aliphatic heterocycles. The second-order valence-electron chi connectivity index (χ2n) is 1.83. The zero-order valence-corrected chi connectivity index (χ0v) is 5.53. The number of hydrogen-bond acceptors (Lipinski definition) is 2. The van der Waals surface area contributed by atoms with Gasteiger partial charge in [-0.3, -0.25) is 4.79 Å². The first-order valence-corrected chi connectivity index (χ1v) is 2.79. The van der Waals surface area contributed by atoms with Crippen LogP contribution in [0.15, 0.2) is 25.3 Å². The van der Waals surface area contributed by atoms with Crippen molar-refractivity contribution >= 4 is 5.97 Å². The molecule has 0 aliphatic rings. The summed E-state index contributed by atoms with van der Waals surface area (Å²) < 4.78 is 0. The van der Waals surface area contributed by atoms with E-state index in [1.54, 1.807) is 0 Å². The van der Waals surface area contributed by atoms with Crippen molar-refractivity contribution < 1.29 is 15.0 Å². The summed E-state index contributed by atoms with van der Waals surface area (Å²) in [5.41, 5.74) is 0. The molecule has 0 fully saturated rings. The minimum Gasteiger partial charge on any atom is -0.481 e. The van der Waals surface area contributed by atoms with Gasteiger partial charge in [-0.05, 0) is 0 Å². The highest BCUT2D eigenvalue weighted by atomic mass is 16.4. The minimum atomic E-state index is -1.10. The van der Waals surface area contributed by atoms with Crippen LogP contribution in [0, 0.1) is 5.92 Å². The number of aliphatic hydroxyl groups excluding tert-OH is 1. The van der Waals surface area contributed by atoms with Crippen LogP contribution in [0.4, 0.5) is 0 Å². The largest absolute Gasteiger partial charge is 0.481 e. The van der Waals surface area contributed by atoms with Crippen molar-refractivity contribution in [2.75, 3.05) is 0 Å². The molecule has 0 aliphatic carbocycles. The highest BCUT2D eigenvalue weighted by Crippen LogP contribution is 2.05. The lowest BCUT2D eigenvalue weighted by molar-refractivity contribution is -0.142. The third-order valence-electron chi connectivity index (χ3n) is 1.15. The number of carboxylic acid groups (broad SMARTS) is 1. The predicted octanol–water partition coefficient (Wildman–Crippen LogP) is 0.420. The van der Waals surface area contributed by atoms with Crippen molar-refractivity contribution in [2.45, 2.75) is 6.10 Å².